The van der Waals surface area contributed by atoms with Gasteiger partial charge in [-0.3, -0.25) is 0 Å². The van der Waals surface area contributed by atoms with Crippen LogP contribution in [0.5, 0.6) is 0 Å². The topological polar surface area (TPSA) is 70.4 Å². The van der Waals surface area contributed by atoms with E-state index in [1.54, 1.807) is 0 Å². The molecule has 0 saturated heterocycles. The normalized spacial score (nSPS) is 12.2. The summed E-state index contributed by atoms with van der Waals surface area (Å²) in [5.41, 5.74) is 1.15. The van der Waals surface area contributed by atoms with Crippen LogP contribution in [0.4, 0.5) is 0 Å². The molecular weight excluding hydrogens is 308 g/mol. The van der Waals surface area contributed by atoms with E-state index in [0.717, 1.165) is 12.2 Å². The van der Waals surface area contributed by atoms with Crippen molar-refractivity contribution in [2.75, 3.05) is 46.2 Å². The fourth-order valence-electron chi connectivity index (χ4n) is 1.89. The average molecular weight is 342 g/mol. The summed E-state index contributed by atoms with van der Waals surface area (Å²) in [7, 11) is 0. The predicted octanol–water partition coefficient (Wildman–Crippen LogP) is 1.84. The molecule has 0 spiro atoms. The number of nitrogens with zero attached hydrogens (tertiary/aromatic N) is 3. The van der Waals surface area contributed by atoms with Crippen molar-refractivity contribution in [3.63, 3.8) is 0 Å². The summed E-state index contributed by atoms with van der Waals surface area (Å²) in [4.78, 5) is 0. The maximum absolute atomic E-state index is 5.53. The van der Waals surface area contributed by atoms with E-state index in [1.807, 2.05) is 10.9 Å². The van der Waals surface area contributed by atoms with Gasteiger partial charge in [-0.1, -0.05) is 19.1 Å². The lowest BCUT2D eigenvalue weighted by atomic mass is 10.1. The minimum Gasteiger partial charge on any atom is -0.378 e. The van der Waals surface area contributed by atoms with Crippen LogP contribution < -0.4 is 5.32 Å². The number of rotatable bonds is 13. The molecule has 1 N–H and O–H groups in total. The molecule has 1 aromatic rings. The van der Waals surface area contributed by atoms with Gasteiger partial charge in [0.25, 0.3) is 0 Å². The molecule has 0 saturated carbocycles. The Morgan fingerprint density at radius 3 is 2.12 bits per heavy atom. The van der Waals surface area contributed by atoms with E-state index in [0.29, 0.717) is 52.1 Å². The van der Waals surface area contributed by atoms with Crippen molar-refractivity contribution in [2.45, 2.75) is 52.6 Å². The Morgan fingerprint density at radius 2 is 1.58 bits per heavy atom. The lowest BCUT2D eigenvalue weighted by molar-refractivity contribution is 0.0127. The Morgan fingerprint density at radius 1 is 1.00 bits per heavy atom. The first-order chi connectivity index (χ1) is 11.4. The van der Waals surface area contributed by atoms with Gasteiger partial charge in [0.15, 0.2) is 0 Å². The Bertz CT molecular complexity index is 430. The molecule has 0 radical (unpaired) electrons. The van der Waals surface area contributed by atoms with Gasteiger partial charge in [0.05, 0.1) is 51.9 Å². The molecule has 0 aliphatic rings. The van der Waals surface area contributed by atoms with Gasteiger partial charge < -0.3 is 19.5 Å². The van der Waals surface area contributed by atoms with Crippen LogP contribution in [-0.4, -0.2) is 66.7 Å². The Kier molecular flexibility index (Phi) is 10.1. The third kappa shape index (κ3) is 10.7. The van der Waals surface area contributed by atoms with Crippen LogP contribution in [-0.2, 0) is 20.8 Å². The van der Waals surface area contributed by atoms with Crippen molar-refractivity contribution < 1.29 is 14.2 Å². The second kappa shape index (κ2) is 11.5. The first-order valence-corrected chi connectivity index (χ1v) is 8.77. The van der Waals surface area contributed by atoms with E-state index >= 15 is 0 Å². The molecular formula is C17H34N4O3. The van der Waals surface area contributed by atoms with Gasteiger partial charge in [-0.15, -0.1) is 5.10 Å². The smallest absolute Gasteiger partial charge is 0.0852 e. The third-order valence-electron chi connectivity index (χ3n) is 3.26. The highest BCUT2D eigenvalue weighted by molar-refractivity contribution is 4.97. The van der Waals surface area contributed by atoms with E-state index < -0.39 is 0 Å². The highest BCUT2D eigenvalue weighted by Crippen LogP contribution is 2.08. The lowest BCUT2D eigenvalue weighted by Crippen LogP contribution is -2.38. The van der Waals surface area contributed by atoms with Crippen LogP contribution in [0.15, 0.2) is 6.20 Å². The van der Waals surface area contributed by atoms with Crippen molar-refractivity contribution in [2.24, 2.45) is 0 Å². The molecule has 1 rings (SSSR count). The van der Waals surface area contributed by atoms with Crippen molar-refractivity contribution in [3.05, 3.63) is 11.9 Å². The zero-order chi connectivity index (χ0) is 17.8. The van der Waals surface area contributed by atoms with Crippen LogP contribution >= 0.6 is 0 Å². The molecule has 0 aliphatic carbocycles. The van der Waals surface area contributed by atoms with E-state index in [9.17, 15) is 0 Å². The van der Waals surface area contributed by atoms with Gasteiger partial charge in [-0.2, -0.15) is 0 Å². The van der Waals surface area contributed by atoms with Gasteiger partial charge >= 0.3 is 0 Å². The molecule has 0 unspecified atom stereocenters. The number of ether oxygens (including phenoxy) is 3. The van der Waals surface area contributed by atoms with Crippen LogP contribution in [0.3, 0.4) is 0 Å². The zero-order valence-electron chi connectivity index (χ0n) is 15.9. The summed E-state index contributed by atoms with van der Waals surface area (Å²) in [6, 6.07) is 0. The quantitative estimate of drug-likeness (QED) is 0.552. The average Bonchev–Trinajstić information content (AvgIpc) is 2.96. The van der Waals surface area contributed by atoms with Crippen molar-refractivity contribution in [1.29, 1.82) is 0 Å². The van der Waals surface area contributed by atoms with Gasteiger partial charge in [-0.05, 0) is 26.7 Å². The van der Waals surface area contributed by atoms with Crippen LogP contribution in [0.1, 0.15) is 46.2 Å². The molecule has 140 valence electrons. The number of hydrogen-bond acceptors (Lipinski definition) is 6. The first kappa shape index (κ1) is 21.0. The molecule has 7 nitrogen and oxygen atoms in total. The summed E-state index contributed by atoms with van der Waals surface area (Å²) in [6.45, 7) is 15.9. The van der Waals surface area contributed by atoms with E-state index in [2.05, 4.69) is 50.2 Å². The number of aromatic nitrogens is 3. The first-order valence-electron chi connectivity index (χ1n) is 8.77. The SMILES string of the molecule is CC(C)c1cn(CCOCCOCCOCCNC(C)(C)C)nn1. The number of hydrogen-bond donors (Lipinski definition) is 1. The predicted molar refractivity (Wildman–Crippen MR) is 94.3 cm³/mol. The third-order valence-corrected chi connectivity index (χ3v) is 3.26. The largest absolute Gasteiger partial charge is 0.378 e. The Labute approximate surface area is 146 Å². The van der Waals surface area contributed by atoms with Gasteiger partial charge in [0, 0.05) is 18.3 Å². The fourth-order valence-corrected chi connectivity index (χ4v) is 1.89. The van der Waals surface area contributed by atoms with Gasteiger partial charge in [-0.25, -0.2) is 4.68 Å². The van der Waals surface area contributed by atoms with Crippen LogP contribution in [0.2, 0.25) is 0 Å². The van der Waals surface area contributed by atoms with Gasteiger partial charge in [0.2, 0.25) is 0 Å². The summed E-state index contributed by atoms with van der Waals surface area (Å²) in [6.07, 6.45) is 1.97. The second-order valence-electron chi connectivity index (χ2n) is 7.08. The lowest BCUT2D eigenvalue weighted by Gasteiger charge is -2.20. The Hall–Kier alpha value is -1.02. The van der Waals surface area contributed by atoms with Crippen molar-refractivity contribution in [1.82, 2.24) is 20.3 Å². The summed E-state index contributed by atoms with van der Waals surface area (Å²) >= 11 is 0. The summed E-state index contributed by atoms with van der Waals surface area (Å²) < 4.78 is 18.3. The van der Waals surface area contributed by atoms with E-state index in [-0.39, 0.29) is 5.54 Å². The zero-order valence-corrected chi connectivity index (χ0v) is 15.9. The molecule has 0 atom stereocenters. The van der Waals surface area contributed by atoms with Crippen molar-refractivity contribution in [3.8, 4) is 0 Å². The standard InChI is InChI=1S/C17H34N4O3/c1-15(2)16-14-21(20-19-16)7-9-23-11-13-24-12-10-22-8-6-18-17(3,4)5/h14-15,18H,6-13H2,1-5H3. The highest BCUT2D eigenvalue weighted by atomic mass is 16.5. The minimum atomic E-state index is 0.139. The van der Waals surface area contributed by atoms with Crippen LogP contribution in [0, 0.1) is 0 Å². The maximum atomic E-state index is 5.53. The molecule has 0 amide bonds. The molecule has 24 heavy (non-hydrogen) atoms. The molecule has 1 heterocycles. The maximum Gasteiger partial charge on any atom is 0.0852 e. The van der Waals surface area contributed by atoms with E-state index in [4.69, 9.17) is 14.2 Å². The minimum absolute atomic E-state index is 0.139. The fraction of sp³-hybridized carbons (Fsp3) is 0.882. The molecule has 0 fully saturated rings. The molecule has 0 aliphatic heterocycles. The second-order valence-corrected chi connectivity index (χ2v) is 7.08. The summed E-state index contributed by atoms with van der Waals surface area (Å²) in [5.74, 6) is 0.402. The monoisotopic (exact) mass is 342 g/mol. The molecule has 7 heteroatoms. The van der Waals surface area contributed by atoms with Crippen LogP contribution in [0.25, 0.3) is 0 Å². The van der Waals surface area contributed by atoms with Gasteiger partial charge in [0.1, 0.15) is 0 Å². The van der Waals surface area contributed by atoms with E-state index in [1.165, 1.54) is 0 Å². The molecule has 1 aromatic heterocycles. The summed E-state index contributed by atoms with van der Waals surface area (Å²) in [5, 5.41) is 11.6. The van der Waals surface area contributed by atoms with Crippen molar-refractivity contribution >= 4 is 0 Å². The molecule has 0 aromatic carbocycles. The Balaban J connectivity index is 1.85. The number of nitrogens with one attached hydrogen (secondary N) is 1. The highest BCUT2D eigenvalue weighted by Gasteiger charge is 2.07. The molecule has 0 bridgehead atoms.